The van der Waals surface area contributed by atoms with Crippen molar-refractivity contribution in [2.45, 2.75) is 44.7 Å². The average molecular weight is 218 g/mol. The van der Waals surface area contributed by atoms with E-state index in [1.54, 1.807) is 6.92 Å². The zero-order valence-electron chi connectivity index (χ0n) is 8.49. The van der Waals surface area contributed by atoms with Crippen molar-refractivity contribution in [3.63, 3.8) is 0 Å². The number of aromatic nitrogens is 2. The van der Waals surface area contributed by atoms with Gasteiger partial charge in [0.1, 0.15) is 0 Å². The third-order valence-electron chi connectivity index (χ3n) is 3.03. The quantitative estimate of drug-likeness (QED) is 0.768. The number of aryl methyl sites for hydroxylation is 1. The topological polar surface area (TPSA) is 28.7 Å². The van der Waals surface area contributed by atoms with Crippen LogP contribution >= 0.6 is 0 Å². The van der Waals surface area contributed by atoms with E-state index in [1.807, 2.05) is 0 Å². The minimum atomic E-state index is -4.33. The molecule has 1 heterocycles. The number of aromatic amines is 1. The monoisotopic (exact) mass is 218 g/mol. The maximum absolute atomic E-state index is 12.6. The highest BCUT2D eigenvalue weighted by Crippen LogP contribution is 2.41. The Morgan fingerprint density at radius 2 is 1.87 bits per heavy atom. The number of nitrogens with one attached hydrogen (secondary N) is 1. The second kappa shape index (κ2) is 3.54. The van der Waals surface area contributed by atoms with Gasteiger partial charge in [-0.05, 0) is 25.7 Å². The Balaban J connectivity index is 2.39. The average Bonchev–Trinajstić information content (AvgIpc) is 2.69. The van der Waals surface area contributed by atoms with Gasteiger partial charge in [-0.25, -0.2) is 0 Å². The van der Waals surface area contributed by atoms with Crippen molar-refractivity contribution in [3.8, 4) is 0 Å². The second-order valence-electron chi connectivity index (χ2n) is 4.09. The Morgan fingerprint density at radius 1 is 1.27 bits per heavy atom. The smallest absolute Gasteiger partial charge is 0.282 e. The first-order valence-electron chi connectivity index (χ1n) is 5.12. The predicted octanol–water partition coefficient (Wildman–Crippen LogP) is 3.39. The molecule has 1 aliphatic rings. The summed E-state index contributed by atoms with van der Waals surface area (Å²) in [5.41, 5.74) is 0.237. The largest absolute Gasteiger partial charge is 0.435 e. The van der Waals surface area contributed by atoms with Gasteiger partial charge < -0.3 is 0 Å². The molecule has 0 bridgehead atoms. The summed E-state index contributed by atoms with van der Waals surface area (Å²) in [6.45, 7) is 1.66. The molecule has 2 nitrogen and oxygen atoms in total. The fraction of sp³-hybridized carbons (Fsp3) is 0.700. The summed E-state index contributed by atoms with van der Waals surface area (Å²) >= 11 is 0. The lowest BCUT2D eigenvalue weighted by atomic mass is 9.95. The van der Waals surface area contributed by atoms with Crippen molar-refractivity contribution >= 4 is 0 Å². The molecular weight excluding hydrogens is 205 g/mol. The van der Waals surface area contributed by atoms with Crippen LogP contribution in [0.3, 0.4) is 0 Å². The van der Waals surface area contributed by atoms with Crippen LogP contribution in [0, 0.1) is 6.92 Å². The third kappa shape index (κ3) is 1.87. The molecule has 5 heteroatoms. The van der Waals surface area contributed by atoms with E-state index in [1.165, 1.54) is 0 Å². The van der Waals surface area contributed by atoms with Crippen LogP contribution in [0.2, 0.25) is 0 Å². The van der Waals surface area contributed by atoms with Gasteiger partial charge in [0.05, 0.1) is 0 Å². The van der Waals surface area contributed by atoms with E-state index in [9.17, 15) is 13.2 Å². The predicted molar refractivity (Wildman–Crippen MR) is 49.5 cm³/mol. The molecule has 0 spiro atoms. The molecule has 0 aromatic carbocycles. The highest BCUT2D eigenvalue weighted by atomic mass is 19.4. The second-order valence-corrected chi connectivity index (χ2v) is 4.09. The summed E-state index contributed by atoms with van der Waals surface area (Å²) in [6, 6.07) is 0. The molecule has 1 aromatic heterocycles. The number of H-pyrrole nitrogens is 1. The van der Waals surface area contributed by atoms with E-state index < -0.39 is 11.9 Å². The van der Waals surface area contributed by atoms with Crippen LogP contribution < -0.4 is 0 Å². The zero-order chi connectivity index (χ0) is 11.1. The highest BCUT2D eigenvalue weighted by Gasteiger charge is 2.39. The molecule has 0 saturated heterocycles. The van der Waals surface area contributed by atoms with Crippen molar-refractivity contribution in [1.29, 1.82) is 0 Å². The minimum Gasteiger partial charge on any atom is -0.282 e. The molecular formula is C10H13F3N2. The normalized spacial score (nSPS) is 18.7. The maximum Gasteiger partial charge on any atom is 0.435 e. The molecule has 0 atom stereocenters. The summed E-state index contributed by atoms with van der Waals surface area (Å²) < 4.78 is 37.9. The molecule has 1 aromatic rings. The number of halogens is 3. The Kier molecular flexibility index (Phi) is 2.48. The van der Waals surface area contributed by atoms with Crippen molar-refractivity contribution in [2.24, 2.45) is 0 Å². The number of rotatable bonds is 1. The van der Waals surface area contributed by atoms with Crippen molar-refractivity contribution in [3.05, 3.63) is 17.0 Å². The van der Waals surface area contributed by atoms with Crippen LogP contribution in [0.5, 0.6) is 0 Å². The maximum atomic E-state index is 12.6. The number of hydrogen-bond donors (Lipinski definition) is 1. The molecule has 0 amide bonds. The Labute approximate surface area is 85.9 Å². The summed E-state index contributed by atoms with van der Waals surface area (Å²) in [5, 5.41) is 5.83. The third-order valence-corrected chi connectivity index (χ3v) is 3.03. The molecule has 0 radical (unpaired) electrons. The van der Waals surface area contributed by atoms with Crippen LogP contribution in [0.4, 0.5) is 13.2 Å². The fourth-order valence-electron chi connectivity index (χ4n) is 2.37. The van der Waals surface area contributed by atoms with Gasteiger partial charge in [-0.2, -0.15) is 18.3 Å². The molecule has 1 saturated carbocycles. The number of hydrogen-bond acceptors (Lipinski definition) is 1. The van der Waals surface area contributed by atoms with E-state index in [2.05, 4.69) is 10.2 Å². The van der Waals surface area contributed by atoms with Crippen LogP contribution in [0.1, 0.15) is 48.6 Å². The lowest BCUT2D eigenvalue weighted by molar-refractivity contribution is -0.142. The SMILES string of the molecule is Cc1[nH]nc(C(F)(F)F)c1C1CCCC1. The van der Waals surface area contributed by atoms with Crippen LogP contribution in [-0.2, 0) is 6.18 Å². The highest BCUT2D eigenvalue weighted by molar-refractivity contribution is 5.31. The van der Waals surface area contributed by atoms with Crippen molar-refractivity contribution in [1.82, 2.24) is 10.2 Å². The summed E-state index contributed by atoms with van der Waals surface area (Å²) in [5.74, 6) is 0.0420. The van der Waals surface area contributed by atoms with E-state index in [0.717, 1.165) is 25.7 Å². The van der Waals surface area contributed by atoms with Gasteiger partial charge in [-0.15, -0.1) is 0 Å². The van der Waals surface area contributed by atoms with Crippen molar-refractivity contribution < 1.29 is 13.2 Å². The number of nitrogens with zero attached hydrogens (tertiary/aromatic N) is 1. The molecule has 1 fully saturated rings. The van der Waals surface area contributed by atoms with Gasteiger partial charge in [-0.3, -0.25) is 5.10 Å². The van der Waals surface area contributed by atoms with E-state index in [0.29, 0.717) is 11.3 Å². The summed E-state index contributed by atoms with van der Waals surface area (Å²) in [6.07, 6.45) is -0.589. The van der Waals surface area contributed by atoms with Gasteiger partial charge in [0.15, 0.2) is 5.69 Å². The lowest BCUT2D eigenvalue weighted by Gasteiger charge is -2.12. The van der Waals surface area contributed by atoms with E-state index in [4.69, 9.17) is 0 Å². The van der Waals surface area contributed by atoms with Crippen molar-refractivity contribution in [2.75, 3.05) is 0 Å². The zero-order valence-corrected chi connectivity index (χ0v) is 8.49. The molecule has 1 N–H and O–H groups in total. The van der Waals surface area contributed by atoms with Gasteiger partial charge >= 0.3 is 6.18 Å². The molecule has 0 aliphatic heterocycles. The Hall–Kier alpha value is -1.00. The van der Waals surface area contributed by atoms with E-state index >= 15 is 0 Å². The number of alkyl halides is 3. The van der Waals surface area contributed by atoms with Crippen LogP contribution in [0.25, 0.3) is 0 Å². The minimum absolute atomic E-state index is 0.0420. The van der Waals surface area contributed by atoms with Crippen LogP contribution in [-0.4, -0.2) is 10.2 Å². The first-order valence-corrected chi connectivity index (χ1v) is 5.12. The van der Waals surface area contributed by atoms with Gasteiger partial charge in [0, 0.05) is 11.3 Å². The van der Waals surface area contributed by atoms with E-state index in [-0.39, 0.29) is 5.92 Å². The lowest BCUT2D eigenvalue weighted by Crippen LogP contribution is -2.11. The summed E-state index contributed by atoms with van der Waals surface area (Å²) in [7, 11) is 0. The van der Waals surface area contributed by atoms with Crippen LogP contribution in [0.15, 0.2) is 0 Å². The standard InChI is InChI=1S/C10H13F3N2/c1-6-8(7-4-2-3-5-7)9(15-14-6)10(11,12)13/h7H,2-5H2,1H3,(H,14,15). The van der Waals surface area contributed by atoms with Gasteiger partial charge in [-0.1, -0.05) is 12.8 Å². The Bertz CT molecular complexity index is 348. The van der Waals surface area contributed by atoms with Gasteiger partial charge in [0.25, 0.3) is 0 Å². The molecule has 15 heavy (non-hydrogen) atoms. The van der Waals surface area contributed by atoms with Gasteiger partial charge in [0.2, 0.25) is 0 Å². The first kappa shape index (κ1) is 10.5. The molecule has 1 aliphatic carbocycles. The fourth-order valence-corrected chi connectivity index (χ4v) is 2.37. The summed E-state index contributed by atoms with van der Waals surface area (Å²) in [4.78, 5) is 0. The molecule has 0 unspecified atom stereocenters. The molecule has 84 valence electrons. The Morgan fingerprint density at radius 3 is 2.40 bits per heavy atom. The molecule has 2 rings (SSSR count). The first-order chi connectivity index (χ1) is 7.00.